The maximum absolute atomic E-state index is 10.1. The van der Waals surface area contributed by atoms with Crippen molar-refractivity contribution >= 4 is 5.97 Å². The molecule has 1 heterocycles. The van der Waals surface area contributed by atoms with E-state index in [4.69, 9.17) is 4.11 Å². The molecular weight excluding hydrogens is 163 g/mol. The van der Waals surface area contributed by atoms with Crippen LogP contribution in [0.5, 0.6) is 0 Å². The van der Waals surface area contributed by atoms with E-state index >= 15 is 0 Å². The number of hydrogen-bond acceptors (Lipinski definition) is 5. The van der Waals surface area contributed by atoms with E-state index in [1.165, 1.54) is 0 Å². The van der Waals surface area contributed by atoms with E-state index in [0.717, 1.165) is 0 Å². The predicted molar refractivity (Wildman–Crippen MR) is 23.4 cm³/mol. The van der Waals surface area contributed by atoms with Crippen LogP contribution in [0.1, 0.15) is 20.7 Å². The van der Waals surface area contributed by atoms with Crippen LogP contribution in [0.15, 0.2) is 4.42 Å². The second-order valence-corrected chi connectivity index (χ2v) is 1.20. The molecular formula is C4H3KN2O3. The number of hydrogen-bond donors (Lipinski definition) is 0. The van der Waals surface area contributed by atoms with E-state index in [2.05, 4.69) is 14.6 Å². The van der Waals surface area contributed by atoms with Crippen molar-refractivity contribution in [2.75, 3.05) is 0 Å². The summed E-state index contributed by atoms with van der Waals surface area (Å²) in [5.74, 6) is -3.24. The molecule has 0 radical (unpaired) electrons. The molecule has 1 rings (SSSR count). The first-order valence-electron chi connectivity index (χ1n) is 3.46. The molecule has 0 saturated heterocycles. The van der Waals surface area contributed by atoms with Gasteiger partial charge in [0.15, 0.2) is 0 Å². The molecule has 48 valence electrons. The number of carbonyl (C=O) groups is 1. The van der Waals surface area contributed by atoms with Crippen LogP contribution >= 0.6 is 0 Å². The van der Waals surface area contributed by atoms with E-state index in [-0.39, 0.29) is 51.4 Å². The van der Waals surface area contributed by atoms with Gasteiger partial charge in [0.1, 0.15) is 5.97 Å². The number of carboxylic acids is 1. The first-order valence-corrected chi connectivity index (χ1v) is 1.96. The van der Waals surface area contributed by atoms with Crippen molar-refractivity contribution in [2.45, 2.75) is 6.85 Å². The fraction of sp³-hybridized carbons (Fsp3) is 0.250. The van der Waals surface area contributed by atoms with Crippen LogP contribution in [0.3, 0.4) is 0 Å². The van der Waals surface area contributed by atoms with Gasteiger partial charge in [-0.25, -0.2) is 0 Å². The van der Waals surface area contributed by atoms with E-state index in [0.29, 0.717) is 0 Å². The molecule has 0 N–H and O–H groups in total. The predicted octanol–water partition coefficient (Wildman–Crippen LogP) is -4.25. The van der Waals surface area contributed by atoms with Gasteiger partial charge in [0.05, 0.1) is 0 Å². The molecule has 0 spiro atoms. The Bertz CT molecular complexity index is 310. The molecule has 0 unspecified atom stereocenters. The summed E-state index contributed by atoms with van der Waals surface area (Å²) in [5.41, 5.74) is 0. The van der Waals surface area contributed by atoms with Crippen LogP contribution in [-0.2, 0) is 0 Å². The van der Waals surface area contributed by atoms with Crippen molar-refractivity contribution in [1.29, 1.82) is 0 Å². The van der Waals surface area contributed by atoms with Gasteiger partial charge in [0.2, 0.25) is 5.89 Å². The number of aromatic carboxylic acids is 1. The molecule has 0 fully saturated rings. The van der Waals surface area contributed by atoms with E-state index < -0.39 is 24.6 Å². The van der Waals surface area contributed by atoms with Crippen molar-refractivity contribution in [3.8, 4) is 0 Å². The van der Waals surface area contributed by atoms with Crippen LogP contribution in [0.2, 0.25) is 0 Å². The van der Waals surface area contributed by atoms with Crippen molar-refractivity contribution in [1.82, 2.24) is 10.2 Å². The summed E-state index contributed by atoms with van der Waals surface area (Å²) < 4.78 is 24.5. The van der Waals surface area contributed by atoms with E-state index in [1.807, 2.05) is 0 Å². The molecule has 1 aromatic heterocycles. The third-order valence-electron chi connectivity index (χ3n) is 0.600. The van der Waals surface area contributed by atoms with Gasteiger partial charge < -0.3 is 14.3 Å². The number of aryl methyl sites for hydroxylation is 1. The van der Waals surface area contributed by atoms with Crippen LogP contribution in [0, 0.1) is 6.85 Å². The zero-order chi connectivity index (χ0) is 9.35. The number of aromatic nitrogens is 2. The Labute approximate surface area is 103 Å². The summed E-state index contributed by atoms with van der Waals surface area (Å²) in [4.78, 5) is 10.1. The normalized spacial score (nSPS) is 14.2. The van der Waals surface area contributed by atoms with Crippen LogP contribution in [0.4, 0.5) is 0 Å². The van der Waals surface area contributed by atoms with Crippen LogP contribution < -0.4 is 56.5 Å². The van der Waals surface area contributed by atoms with Gasteiger partial charge in [0.25, 0.3) is 5.89 Å². The standard InChI is InChI=1S/C4H4N2O3.K/c1-2-5-6-3(9-2)4(7)8;/h1H3,(H,7,8);/q;+1/p-1/i1D3;. The fourth-order valence-electron chi connectivity index (χ4n) is 0.306. The summed E-state index contributed by atoms with van der Waals surface area (Å²) in [7, 11) is 0. The molecule has 0 aliphatic carbocycles. The monoisotopic (exact) mass is 169 g/mol. The van der Waals surface area contributed by atoms with Crippen LogP contribution in [0.25, 0.3) is 0 Å². The molecule has 0 aliphatic heterocycles. The number of carboxylic acid groups (broad SMARTS) is 1. The Hall–Kier alpha value is 0.246. The summed E-state index contributed by atoms with van der Waals surface area (Å²) in [5, 5.41) is 16.0. The van der Waals surface area contributed by atoms with Gasteiger partial charge in [0, 0.05) is 11.0 Å². The second kappa shape index (κ2) is 4.19. The fourth-order valence-corrected chi connectivity index (χ4v) is 0.306. The Kier molecular flexibility index (Phi) is 2.45. The molecule has 1 aromatic rings. The maximum Gasteiger partial charge on any atom is 1.00 e. The number of carbonyl (C=O) groups excluding carboxylic acids is 1. The summed E-state index contributed by atoms with van der Waals surface area (Å²) >= 11 is 0. The largest absolute Gasteiger partial charge is 1.00 e. The Morgan fingerprint density at radius 3 is 2.80 bits per heavy atom. The zero-order valence-corrected chi connectivity index (χ0v) is 8.24. The Balaban J connectivity index is 0.00000144. The average Bonchev–Trinajstić information content (AvgIpc) is 2.30. The van der Waals surface area contributed by atoms with Crippen molar-refractivity contribution in [3.05, 3.63) is 11.8 Å². The quantitative estimate of drug-likeness (QED) is 0.398. The molecule has 0 bridgehead atoms. The third-order valence-corrected chi connectivity index (χ3v) is 0.600. The molecule has 0 aromatic carbocycles. The number of rotatable bonds is 1. The molecule has 0 amide bonds. The average molecular weight is 169 g/mol. The molecule has 0 saturated carbocycles. The summed E-state index contributed by atoms with van der Waals surface area (Å²) in [6.07, 6.45) is 0. The van der Waals surface area contributed by atoms with Crippen molar-refractivity contribution in [3.63, 3.8) is 0 Å². The molecule has 0 atom stereocenters. The SMILES string of the molecule is [2H]C([2H])([2H])c1nnc(C(=O)[O-])o1.[K+]. The van der Waals surface area contributed by atoms with E-state index in [1.54, 1.807) is 0 Å². The van der Waals surface area contributed by atoms with Crippen LogP contribution in [-0.4, -0.2) is 16.2 Å². The Morgan fingerprint density at radius 2 is 2.50 bits per heavy atom. The topological polar surface area (TPSA) is 79.0 Å². The van der Waals surface area contributed by atoms with Gasteiger partial charge in [-0.2, -0.15) is 0 Å². The minimum atomic E-state index is -2.58. The smallest absolute Gasteiger partial charge is 0.540 e. The first-order chi connectivity index (χ1) is 5.41. The molecule has 6 heteroatoms. The molecule has 10 heavy (non-hydrogen) atoms. The van der Waals surface area contributed by atoms with Crippen molar-refractivity contribution < 1.29 is 69.8 Å². The van der Waals surface area contributed by atoms with Gasteiger partial charge in [-0.3, -0.25) is 0 Å². The summed E-state index contributed by atoms with van der Waals surface area (Å²) in [6, 6.07) is 0. The minimum Gasteiger partial charge on any atom is -0.540 e. The molecule has 5 nitrogen and oxygen atoms in total. The minimum absolute atomic E-state index is 0. The third kappa shape index (κ3) is 2.47. The zero-order valence-electron chi connectivity index (χ0n) is 8.12. The Morgan fingerprint density at radius 1 is 1.80 bits per heavy atom. The van der Waals surface area contributed by atoms with Crippen molar-refractivity contribution in [2.24, 2.45) is 0 Å². The van der Waals surface area contributed by atoms with Gasteiger partial charge in [-0.1, -0.05) is 0 Å². The molecule has 0 aliphatic rings. The maximum atomic E-state index is 10.1. The van der Waals surface area contributed by atoms with E-state index in [9.17, 15) is 9.90 Å². The number of nitrogens with zero attached hydrogens (tertiary/aromatic N) is 2. The van der Waals surface area contributed by atoms with Gasteiger partial charge in [-0.05, 0) is 0 Å². The summed E-state index contributed by atoms with van der Waals surface area (Å²) in [6.45, 7) is -2.58. The van der Waals surface area contributed by atoms with Gasteiger partial charge in [-0.15, -0.1) is 10.2 Å². The second-order valence-electron chi connectivity index (χ2n) is 1.20. The van der Waals surface area contributed by atoms with Gasteiger partial charge >= 0.3 is 51.4 Å². The first kappa shape index (κ1) is 5.84.